The zero-order valence-electron chi connectivity index (χ0n) is 29.0. The Kier molecular flexibility index (Phi) is 11.3. The van der Waals surface area contributed by atoms with Gasteiger partial charge in [0.25, 0.3) is 0 Å². The van der Waals surface area contributed by atoms with E-state index in [1.807, 2.05) is 116 Å². The van der Waals surface area contributed by atoms with Crippen LogP contribution in [-0.4, -0.2) is 48.8 Å². The molecule has 5 aromatic rings. The number of ether oxygens (including phenoxy) is 6. The third kappa shape index (κ3) is 7.65. The van der Waals surface area contributed by atoms with Crippen molar-refractivity contribution in [2.24, 2.45) is 0 Å². The molecular formula is C43H42ClFO7. The number of aliphatic hydroxyl groups excluding tert-OH is 1. The standard InChI is InChI=1S/C43H42ClFO7/c1-2-47-38-21-18-33(23-37(38)45)22-34-24-35(19-20-36(34)44)43-41(50-27-32-16-10-5-11-17-32)39(48-25-30-12-6-3-7-13-30)40(42(28-46,52-43)29-51-43)49-26-31-14-8-4-9-15-31/h3-21,23-24,39-41,46H,2,22,25-29H2,1H3/t39-,40+,41+,42+,43-/m0/s1. The van der Waals surface area contributed by atoms with Crippen LogP contribution in [0.3, 0.4) is 0 Å². The van der Waals surface area contributed by atoms with E-state index in [0.29, 0.717) is 23.6 Å². The van der Waals surface area contributed by atoms with E-state index in [2.05, 4.69) is 0 Å². The lowest BCUT2D eigenvalue weighted by Gasteiger charge is -2.50. The third-order valence-electron chi connectivity index (χ3n) is 9.61. The number of hydrogen-bond donors (Lipinski definition) is 1. The average Bonchev–Trinajstić information content (AvgIpc) is 3.54. The third-order valence-corrected chi connectivity index (χ3v) is 9.98. The predicted molar refractivity (Wildman–Crippen MR) is 195 cm³/mol. The smallest absolute Gasteiger partial charge is 0.225 e. The molecule has 2 aliphatic heterocycles. The normalized spacial score (nSPS) is 23.8. The van der Waals surface area contributed by atoms with Crippen molar-refractivity contribution in [1.82, 2.24) is 0 Å². The van der Waals surface area contributed by atoms with Crippen LogP contribution < -0.4 is 4.74 Å². The molecule has 2 aliphatic rings. The molecule has 2 bridgehead atoms. The van der Waals surface area contributed by atoms with Crippen LogP contribution in [0.1, 0.15) is 40.3 Å². The van der Waals surface area contributed by atoms with Crippen LogP contribution in [0, 0.1) is 5.82 Å². The van der Waals surface area contributed by atoms with Crippen LogP contribution in [0.5, 0.6) is 5.75 Å². The number of fused-ring (bicyclic) bond motifs is 2. The largest absolute Gasteiger partial charge is 0.491 e. The van der Waals surface area contributed by atoms with E-state index >= 15 is 0 Å². The van der Waals surface area contributed by atoms with Gasteiger partial charge < -0.3 is 33.5 Å². The van der Waals surface area contributed by atoms with Crippen molar-refractivity contribution < 1.29 is 37.9 Å². The topological polar surface area (TPSA) is 75.6 Å². The summed E-state index contributed by atoms with van der Waals surface area (Å²) < 4.78 is 54.3. The molecule has 270 valence electrons. The Labute approximate surface area is 308 Å². The molecule has 0 aromatic heterocycles. The number of benzene rings is 5. The van der Waals surface area contributed by atoms with Crippen LogP contribution in [0.2, 0.25) is 5.02 Å². The minimum atomic E-state index is -1.52. The highest BCUT2D eigenvalue weighted by Crippen LogP contribution is 2.53. The van der Waals surface area contributed by atoms with Crippen LogP contribution in [-0.2, 0) is 55.7 Å². The number of rotatable bonds is 15. The molecule has 1 N–H and O–H groups in total. The van der Waals surface area contributed by atoms with Gasteiger partial charge in [-0.05, 0) is 65.4 Å². The first-order valence-electron chi connectivity index (χ1n) is 17.5. The van der Waals surface area contributed by atoms with E-state index in [4.69, 9.17) is 40.0 Å². The van der Waals surface area contributed by atoms with E-state index < -0.39 is 42.1 Å². The molecule has 7 rings (SSSR count). The minimum Gasteiger partial charge on any atom is -0.491 e. The van der Waals surface area contributed by atoms with Gasteiger partial charge in [0.15, 0.2) is 11.6 Å². The molecule has 0 radical (unpaired) electrons. The fourth-order valence-electron chi connectivity index (χ4n) is 7.01. The molecule has 0 spiro atoms. The van der Waals surface area contributed by atoms with E-state index in [0.717, 1.165) is 27.8 Å². The Balaban J connectivity index is 1.29. The summed E-state index contributed by atoms with van der Waals surface area (Å²) in [5.74, 6) is -1.76. The molecular weight excluding hydrogens is 683 g/mol. The Morgan fingerprint density at radius 3 is 1.90 bits per heavy atom. The van der Waals surface area contributed by atoms with Crippen LogP contribution in [0.25, 0.3) is 0 Å². The first-order valence-corrected chi connectivity index (χ1v) is 17.9. The lowest BCUT2D eigenvalue weighted by atomic mass is 9.83. The fraction of sp³-hybridized carbons (Fsp3) is 0.302. The number of hydrogen-bond acceptors (Lipinski definition) is 7. The highest BCUT2D eigenvalue weighted by atomic mass is 35.5. The molecule has 52 heavy (non-hydrogen) atoms. The SMILES string of the molecule is CCOc1ccc(Cc2cc([C@]34OC[C@@](CO)(O3)[C@H](OCc3ccccc3)[C@H](OCc3ccccc3)[C@H]4OCc3ccccc3)ccc2Cl)cc1F. The quantitative estimate of drug-likeness (QED) is 0.117. The van der Waals surface area contributed by atoms with Crippen molar-refractivity contribution in [3.8, 4) is 5.75 Å². The lowest BCUT2D eigenvalue weighted by Crippen LogP contribution is -2.67. The summed E-state index contributed by atoms with van der Waals surface area (Å²) in [6.07, 6.45) is -2.06. The molecule has 2 heterocycles. The summed E-state index contributed by atoms with van der Waals surface area (Å²) in [6, 6.07) is 40.0. The second kappa shape index (κ2) is 16.3. The van der Waals surface area contributed by atoms with Crippen molar-refractivity contribution in [3.63, 3.8) is 0 Å². The summed E-state index contributed by atoms with van der Waals surface area (Å²) in [5, 5.41) is 11.6. The summed E-state index contributed by atoms with van der Waals surface area (Å²) in [4.78, 5) is 0. The summed E-state index contributed by atoms with van der Waals surface area (Å²) in [7, 11) is 0. The average molecular weight is 725 g/mol. The van der Waals surface area contributed by atoms with Crippen LogP contribution >= 0.6 is 11.6 Å². The molecule has 2 saturated heterocycles. The fourth-order valence-corrected chi connectivity index (χ4v) is 7.19. The molecule has 5 aromatic carbocycles. The Morgan fingerprint density at radius 2 is 1.33 bits per heavy atom. The second-order valence-electron chi connectivity index (χ2n) is 13.2. The number of halogens is 2. The van der Waals surface area contributed by atoms with Crippen molar-refractivity contribution >= 4 is 11.6 Å². The maximum absolute atomic E-state index is 14.9. The molecule has 9 heteroatoms. The molecule has 7 nitrogen and oxygen atoms in total. The Bertz CT molecular complexity index is 1910. The van der Waals surface area contributed by atoms with E-state index in [9.17, 15) is 9.50 Å². The van der Waals surface area contributed by atoms with Crippen molar-refractivity contribution in [2.75, 3.05) is 19.8 Å². The van der Waals surface area contributed by atoms with E-state index in [1.165, 1.54) is 6.07 Å². The predicted octanol–water partition coefficient (Wildman–Crippen LogP) is 8.17. The van der Waals surface area contributed by atoms with Gasteiger partial charge in [0, 0.05) is 10.6 Å². The maximum atomic E-state index is 14.9. The first-order chi connectivity index (χ1) is 25.4. The molecule has 0 unspecified atom stereocenters. The van der Waals surface area contributed by atoms with Gasteiger partial charge in [-0.25, -0.2) is 4.39 Å². The van der Waals surface area contributed by atoms with Crippen molar-refractivity contribution in [2.45, 2.75) is 62.9 Å². The van der Waals surface area contributed by atoms with Gasteiger partial charge in [-0.3, -0.25) is 0 Å². The molecule has 0 saturated carbocycles. The zero-order chi connectivity index (χ0) is 36.0. The van der Waals surface area contributed by atoms with Crippen LogP contribution in [0.4, 0.5) is 4.39 Å². The highest BCUT2D eigenvalue weighted by Gasteiger charge is 2.69. The maximum Gasteiger partial charge on any atom is 0.225 e. The van der Waals surface area contributed by atoms with E-state index in [-0.39, 0.29) is 32.2 Å². The number of aliphatic hydroxyl groups is 1. The molecule has 0 amide bonds. The molecule has 0 aliphatic carbocycles. The molecule has 5 atom stereocenters. The van der Waals surface area contributed by atoms with Gasteiger partial charge in [0.1, 0.15) is 23.9 Å². The van der Waals surface area contributed by atoms with Gasteiger partial charge in [-0.15, -0.1) is 0 Å². The van der Waals surface area contributed by atoms with Gasteiger partial charge >= 0.3 is 0 Å². The van der Waals surface area contributed by atoms with Crippen LogP contribution in [0.15, 0.2) is 127 Å². The van der Waals surface area contributed by atoms with Gasteiger partial charge in [-0.2, -0.15) is 0 Å². The van der Waals surface area contributed by atoms with Gasteiger partial charge in [0.05, 0.1) is 39.6 Å². The Hall–Kier alpha value is -4.12. The second-order valence-corrected chi connectivity index (χ2v) is 13.6. The lowest BCUT2D eigenvalue weighted by molar-refractivity contribution is -0.353. The van der Waals surface area contributed by atoms with Crippen molar-refractivity contribution in [1.29, 1.82) is 0 Å². The van der Waals surface area contributed by atoms with Crippen molar-refractivity contribution in [3.05, 3.63) is 172 Å². The molecule has 2 fully saturated rings. The summed E-state index contributed by atoms with van der Waals surface area (Å²) >= 11 is 6.79. The van der Waals surface area contributed by atoms with Gasteiger partial charge in [0.2, 0.25) is 5.79 Å². The summed E-state index contributed by atoms with van der Waals surface area (Å²) in [5.41, 5.74) is 3.67. The zero-order valence-corrected chi connectivity index (χ0v) is 29.7. The monoisotopic (exact) mass is 724 g/mol. The first kappa shape index (κ1) is 36.2. The Morgan fingerprint density at radius 1 is 0.731 bits per heavy atom. The van der Waals surface area contributed by atoms with Gasteiger partial charge in [-0.1, -0.05) is 115 Å². The summed E-state index contributed by atoms with van der Waals surface area (Å²) in [6.45, 7) is 2.54. The van der Waals surface area contributed by atoms with E-state index in [1.54, 1.807) is 12.1 Å². The highest BCUT2D eigenvalue weighted by molar-refractivity contribution is 6.31. The minimum absolute atomic E-state index is 0.0153.